The number of halogens is 1. The third-order valence-electron chi connectivity index (χ3n) is 1.29. The maximum Gasteiger partial charge on any atom is 0.159 e. The van der Waals surface area contributed by atoms with Crippen LogP contribution in [0.25, 0.3) is 0 Å². The number of hydrogen-bond acceptors (Lipinski definition) is 2. The highest BCUT2D eigenvalue weighted by atomic mass is 35.5. The molecule has 0 spiro atoms. The maximum atomic E-state index is 5.63. The van der Waals surface area contributed by atoms with Gasteiger partial charge in [-0.15, -0.1) is 12.4 Å². The lowest BCUT2D eigenvalue weighted by molar-refractivity contribution is 1.49. The number of benzene rings is 1. The van der Waals surface area contributed by atoms with Crippen molar-refractivity contribution in [3.8, 4) is 0 Å². The molecule has 1 aromatic rings. The number of nitrogens with two attached hydrogens (primary N) is 1. The van der Waals surface area contributed by atoms with Crippen molar-refractivity contribution in [1.82, 2.24) is 0 Å². The molecular weight excluding hydrogens is 204 g/mol. The predicted octanol–water partition coefficient (Wildman–Crippen LogP) is 2.81. The fraction of sp³-hybridized carbons (Fsp3) is 0.222. The van der Waals surface area contributed by atoms with Crippen molar-refractivity contribution in [3.05, 3.63) is 30.3 Å². The summed E-state index contributed by atoms with van der Waals surface area (Å²) in [6.45, 7) is 2.05. The van der Waals surface area contributed by atoms with Crippen LogP contribution in [0, 0.1) is 0 Å². The van der Waals surface area contributed by atoms with E-state index in [9.17, 15) is 0 Å². The molecule has 0 saturated heterocycles. The number of amidine groups is 1. The molecule has 0 unspecified atom stereocenters. The van der Waals surface area contributed by atoms with Gasteiger partial charge in [-0.3, -0.25) is 0 Å². The fourth-order valence-corrected chi connectivity index (χ4v) is 1.28. The second-order valence-corrected chi connectivity index (χ2v) is 3.50. The Kier molecular flexibility index (Phi) is 6.45. The number of hydrogen-bond donors (Lipinski definition) is 1. The zero-order valence-corrected chi connectivity index (χ0v) is 9.07. The molecule has 72 valence electrons. The SMILES string of the molecule is CCSC(N)=Nc1ccccc1.Cl. The van der Waals surface area contributed by atoms with Crippen LogP contribution in [0.1, 0.15) is 6.92 Å². The lowest BCUT2D eigenvalue weighted by atomic mass is 10.3. The molecule has 1 aromatic carbocycles. The van der Waals surface area contributed by atoms with E-state index in [0.717, 1.165) is 11.4 Å². The Bertz CT molecular complexity index is 262. The highest BCUT2D eigenvalue weighted by Gasteiger charge is 1.90. The molecule has 0 aliphatic rings. The standard InChI is InChI=1S/C9H12N2S.ClH/c1-2-12-9(10)11-8-6-4-3-5-7-8;/h3-7H,2H2,1H3,(H2,10,11);1H. The molecule has 0 aliphatic heterocycles. The van der Waals surface area contributed by atoms with Gasteiger partial charge in [0.1, 0.15) is 0 Å². The number of rotatable bonds is 2. The Morgan fingerprint density at radius 1 is 1.38 bits per heavy atom. The lowest BCUT2D eigenvalue weighted by Gasteiger charge is -1.96. The van der Waals surface area contributed by atoms with Gasteiger partial charge in [0, 0.05) is 0 Å². The summed E-state index contributed by atoms with van der Waals surface area (Å²) in [5, 5.41) is 0.628. The number of thioether (sulfide) groups is 1. The normalized spacial score (nSPS) is 10.7. The molecule has 13 heavy (non-hydrogen) atoms. The summed E-state index contributed by atoms with van der Waals surface area (Å²) in [7, 11) is 0. The van der Waals surface area contributed by atoms with Gasteiger partial charge in [0.25, 0.3) is 0 Å². The Morgan fingerprint density at radius 3 is 2.54 bits per heavy atom. The van der Waals surface area contributed by atoms with E-state index in [-0.39, 0.29) is 12.4 Å². The summed E-state index contributed by atoms with van der Waals surface area (Å²) in [6, 6.07) is 9.72. The van der Waals surface area contributed by atoms with E-state index in [0.29, 0.717) is 5.17 Å². The molecule has 1 rings (SSSR count). The number of nitrogens with zero attached hydrogens (tertiary/aromatic N) is 1. The van der Waals surface area contributed by atoms with Gasteiger partial charge in [0.05, 0.1) is 5.69 Å². The topological polar surface area (TPSA) is 38.4 Å². The molecule has 0 fully saturated rings. The molecule has 2 N–H and O–H groups in total. The van der Waals surface area contributed by atoms with Gasteiger partial charge in [0.2, 0.25) is 0 Å². The fourth-order valence-electron chi connectivity index (χ4n) is 0.810. The highest BCUT2D eigenvalue weighted by Crippen LogP contribution is 2.12. The molecule has 4 heteroatoms. The summed E-state index contributed by atoms with van der Waals surface area (Å²) in [5.41, 5.74) is 6.54. The Morgan fingerprint density at radius 2 is 2.00 bits per heavy atom. The zero-order valence-electron chi connectivity index (χ0n) is 7.43. The van der Waals surface area contributed by atoms with Crippen LogP contribution in [0.3, 0.4) is 0 Å². The summed E-state index contributed by atoms with van der Waals surface area (Å²) in [4.78, 5) is 4.21. The molecule has 0 heterocycles. The first kappa shape index (κ1) is 12.3. The Hall–Kier alpha value is -0.670. The van der Waals surface area contributed by atoms with Crippen LogP contribution in [0.5, 0.6) is 0 Å². The van der Waals surface area contributed by atoms with Crippen molar-refractivity contribution in [2.45, 2.75) is 6.92 Å². The summed E-state index contributed by atoms with van der Waals surface area (Å²) in [5.74, 6) is 0.960. The van der Waals surface area contributed by atoms with E-state index in [4.69, 9.17) is 5.73 Å². The van der Waals surface area contributed by atoms with E-state index in [2.05, 4.69) is 11.9 Å². The molecule has 2 nitrogen and oxygen atoms in total. The summed E-state index contributed by atoms with van der Waals surface area (Å²) >= 11 is 1.55. The van der Waals surface area contributed by atoms with Crippen molar-refractivity contribution in [2.24, 2.45) is 10.7 Å². The van der Waals surface area contributed by atoms with Gasteiger partial charge < -0.3 is 5.73 Å². The predicted molar refractivity (Wildman–Crippen MR) is 63.1 cm³/mol. The van der Waals surface area contributed by atoms with Crippen LogP contribution in [0.15, 0.2) is 35.3 Å². The summed E-state index contributed by atoms with van der Waals surface area (Å²) in [6.07, 6.45) is 0. The molecule has 0 bridgehead atoms. The van der Waals surface area contributed by atoms with Gasteiger partial charge in [-0.2, -0.15) is 0 Å². The summed E-state index contributed by atoms with van der Waals surface area (Å²) < 4.78 is 0. The molecule has 0 saturated carbocycles. The first-order chi connectivity index (χ1) is 5.83. The first-order valence-corrected chi connectivity index (χ1v) is 4.83. The van der Waals surface area contributed by atoms with Crippen molar-refractivity contribution < 1.29 is 0 Å². The van der Waals surface area contributed by atoms with E-state index in [1.165, 1.54) is 0 Å². The van der Waals surface area contributed by atoms with Crippen LogP contribution >= 0.6 is 24.2 Å². The smallest absolute Gasteiger partial charge is 0.159 e. The third kappa shape index (κ3) is 4.80. The van der Waals surface area contributed by atoms with Crippen molar-refractivity contribution in [3.63, 3.8) is 0 Å². The highest BCUT2D eigenvalue weighted by molar-refractivity contribution is 8.13. The molecule has 0 aromatic heterocycles. The molecule has 0 aliphatic carbocycles. The van der Waals surface area contributed by atoms with Crippen LogP contribution in [0.4, 0.5) is 5.69 Å². The molecule has 0 radical (unpaired) electrons. The quantitative estimate of drug-likeness (QED) is 0.610. The zero-order chi connectivity index (χ0) is 8.81. The minimum absolute atomic E-state index is 0. The van der Waals surface area contributed by atoms with Gasteiger partial charge in [0.15, 0.2) is 5.17 Å². The molecule has 0 atom stereocenters. The van der Waals surface area contributed by atoms with Crippen molar-refractivity contribution in [1.29, 1.82) is 0 Å². The minimum atomic E-state index is 0. The number of aliphatic imine (C=N–C) groups is 1. The number of para-hydroxylation sites is 1. The second kappa shape index (κ2) is 6.80. The third-order valence-corrected chi connectivity index (χ3v) is 1.96. The Balaban J connectivity index is 0.00000144. The van der Waals surface area contributed by atoms with Gasteiger partial charge in [-0.1, -0.05) is 36.9 Å². The van der Waals surface area contributed by atoms with Crippen molar-refractivity contribution >= 4 is 35.0 Å². The first-order valence-electron chi connectivity index (χ1n) is 3.85. The van der Waals surface area contributed by atoms with E-state index in [1.807, 2.05) is 30.3 Å². The largest absolute Gasteiger partial charge is 0.378 e. The molecule has 0 amide bonds. The average molecular weight is 217 g/mol. The molecular formula is C9H13ClN2S. The lowest BCUT2D eigenvalue weighted by Crippen LogP contribution is -2.05. The van der Waals surface area contributed by atoms with Crippen LogP contribution < -0.4 is 5.73 Å². The second-order valence-electron chi connectivity index (χ2n) is 2.22. The van der Waals surface area contributed by atoms with E-state index >= 15 is 0 Å². The maximum absolute atomic E-state index is 5.63. The van der Waals surface area contributed by atoms with E-state index < -0.39 is 0 Å². The van der Waals surface area contributed by atoms with Crippen LogP contribution in [0.2, 0.25) is 0 Å². The van der Waals surface area contributed by atoms with Crippen molar-refractivity contribution in [2.75, 3.05) is 5.75 Å². The van der Waals surface area contributed by atoms with E-state index in [1.54, 1.807) is 11.8 Å². The average Bonchev–Trinajstić information content (AvgIpc) is 2.06. The van der Waals surface area contributed by atoms with Crippen LogP contribution in [-0.4, -0.2) is 10.9 Å². The van der Waals surface area contributed by atoms with Gasteiger partial charge >= 0.3 is 0 Å². The Labute approximate surface area is 89.0 Å². The minimum Gasteiger partial charge on any atom is -0.378 e. The van der Waals surface area contributed by atoms with Gasteiger partial charge in [-0.25, -0.2) is 4.99 Å². The van der Waals surface area contributed by atoms with Crippen LogP contribution in [-0.2, 0) is 0 Å². The monoisotopic (exact) mass is 216 g/mol. The van der Waals surface area contributed by atoms with Gasteiger partial charge in [-0.05, 0) is 17.9 Å².